The number of rotatable bonds is 5. The zero-order chi connectivity index (χ0) is 18.7. The lowest BCUT2D eigenvalue weighted by molar-refractivity contribution is -0.385. The summed E-state index contributed by atoms with van der Waals surface area (Å²) >= 11 is 1.42. The van der Waals surface area contributed by atoms with Crippen molar-refractivity contribution in [2.75, 3.05) is 12.4 Å². The number of nitrogens with one attached hydrogen (secondary N) is 1. The molecule has 1 aliphatic heterocycles. The van der Waals surface area contributed by atoms with Crippen LogP contribution in [0.4, 0.5) is 10.1 Å². The molecule has 1 aliphatic rings. The van der Waals surface area contributed by atoms with E-state index in [1.54, 1.807) is 19.1 Å². The maximum absolute atomic E-state index is 13.9. The average Bonchev–Trinajstić information content (AvgIpc) is 2.63. The maximum atomic E-state index is 13.9. The van der Waals surface area contributed by atoms with E-state index in [1.807, 2.05) is 0 Å². The van der Waals surface area contributed by atoms with Crippen LogP contribution in [0.5, 0.6) is 5.75 Å². The Balaban J connectivity index is 1.85. The van der Waals surface area contributed by atoms with Gasteiger partial charge in [0.2, 0.25) is 0 Å². The van der Waals surface area contributed by atoms with Gasteiger partial charge in [-0.15, -0.1) is 11.8 Å². The molecular formula is C18H17FN2O4S. The van der Waals surface area contributed by atoms with Crippen molar-refractivity contribution in [3.63, 3.8) is 0 Å². The molecule has 0 radical (unpaired) electrons. The van der Waals surface area contributed by atoms with Crippen molar-refractivity contribution in [3.8, 4) is 5.75 Å². The van der Waals surface area contributed by atoms with Crippen molar-refractivity contribution in [1.82, 2.24) is 5.32 Å². The predicted octanol–water partition coefficient (Wildman–Crippen LogP) is 4.10. The van der Waals surface area contributed by atoms with E-state index in [4.69, 9.17) is 4.74 Å². The van der Waals surface area contributed by atoms with Gasteiger partial charge in [-0.05, 0) is 37.1 Å². The number of carbonyl (C=O) groups is 1. The molecule has 0 unspecified atom stereocenters. The summed E-state index contributed by atoms with van der Waals surface area (Å²) in [7, 11) is 0. The van der Waals surface area contributed by atoms with Crippen molar-refractivity contribution in [2.24, 2.45) is 0 Å². The summed E-state index contributed by atoms with van der Waals surface area (Å²) in [6, 6.07) is 8.56. The van der Waals surface area contributed by atoms with E-state index < -0.39 is 10.8 Å². The molecule has 3 rings (SSSR count). The Morgan fingerprint density at radius 3 is 2.96 bits per heavy atom. The lowest BCUT2D eigenvalue weighted by Gasteiger charge is -2.26. The lowest BCUT2D eigenvalue weighted by atomic mass is 10.0. The standard InChI is InChI=1S/C18H17FN2O4S/c1-2-25-16-7-6-11(10-15(16)21(23)24)18(22)20-14-8-9-26-17-12(14)4-3-5-13(17)19/h3-7,10,14H,2,8-9H2,1H3,(H,20,22)/t14-/m0/s1. The second kappa shape index (κ2) is 7.74. The third-order valence-electron chi connectivity index (χ3n) is 4.05. The van der Waals surface area contributed by atoms with Crippen LogP contribution in [0.3, 0.4) is 0 Å². The third-order valence-corrected chi connectivity index (χ3v) is 5.21. The zero-order valence-electron chi connectivity index (χ0n) is 14.0. The van der Waals surface area contributed by atoms with Gasteiger partial charge in [0.25, 0.3) is 5.91 Å². The quantitative estimate of drug-likeness (QED) is 0.628. The highest BCUT2D eigenvalue weighted by atomic mass is 32.2. The molecule has 0 fully saturated rings. The number of benzene rings is 2. The Kier molecular flexibility index (Phi) is 5.41. The Hall–Kier alpha value is -2.61. The molecule has 1 N–H and O–H groups in total. The Bertz CT molecular complexity index is 859. The number of ether oxygens (including phenoxy) is 1. The van der Waals surface area contributed by atoms with Crippen molar-refractivity contribution < 1.29 is 18.8 Å². The van der Waals surface area contributed by atoms with E-state index >= 15 is 0 Å². The number of halogens is 1. The van der Waals surface area contributed by atoms with Gasteiger partial charge in [0.05, 0.1) is 17.6 Å². The summed E-state index contributed by atoms with van der Waals surface area (Å²) in [5.74, 6) is 0.0596. The summed E-state index contributed by atoms with van der Waals surface area (Å²) in [4.78, 5) is 23.8. The Labute approximate surface area is 153 Å². The van der Waals surface area contributed by atoms with E-state index in [0.29, 0.717) is 17.1 Å². The fourth-order valence-corrected chi connectivity index (χ4v) is 4.00. The molecule has 1 amide bonds. The first-order valence-corrected chi connectivity index (χ1v) is 9.13. The number of carbonyl (C=O) groups excluding carboxylic acids is 1. The van der Waals surface area contributed by atoms with Crippen molar-refractivity contribution in [1.29, 1.82) is 0 Å². The van der Waals surface area contributed by atoms with Crippen molar-refractivity contribution >= 4 is 23.4 Å². The first-order valence-electron chi connectivity index (χ1n) is 8.14. The van der Waals surface area contributed by atoms with Gasteiger partial charge in [-0.25, -0.2) is 4.39 Å². The van der Waals surface area contributed by atoms with E-state index in [2.05, 4.69) is 5.32 Å². The number of hydrogen-bond acceptors (Lipinski definition) is 5. The minimum absolute atomic E-state index is 0.121. The molecular weight excluding hydrogens is 359 g/mol. The molecule has 2 aromatic carbocycles. The summed E-state index contributed by atoms with van der Waals surface area (Å²) in [5.41, 5.74) is 0.636. The molecule has 0 aliphatic carbocycles. The topological polar surface area (TPSA) is 81.5 Å². The molecule has 8 heteroatoms. The number of nitrogens with zero attached hydrogens (tertiary/aromatic N) is 1. The number of hydrogen-bond donors (Lipinski definition) is 1. The highest BCUT2D eigenvalue weighted by molar-refractivity contribution is 7.99. The third kappa shape index (κ3) is 3.65. The predicted molar refractivity (Wildman–Crippen MR) is 96.2 cm³/mol. The van der Waals surface area contributed by atoms with Crippen LogP contribution in [0.25, 0.3) is 0 Å². The molecule has 0 bridgehead atoms. The summed E-state index contributed by atoms with van der Waals surface area (Å²) in [6.45, 7) is 2.01. The van der Waals surface area contributed by atoms with E-state index in [1.165, 1.54) is 36.0 Å². The molecule has 0 aromatic heterocycles. The minimum Gasteiger partial charge on any atom is -0.487 e. The summed E-state index contributed by atoms with van der Waals surface area (Å²) < 4.78 is 19.2. The van der Waals surface area contributed by atoms with Gasteiger partial charge in [0.1, 0.15) is 5.82 Å². The molecule has 136 valence electrons. The van der Waals surface area contributed by atoms with Crippen molar-refractivity contribution in [3.05, 3.63) is 63.5 Å². The lowest BCUT2D eigenvalue weighted by Crippen LogP contribution is -2.30. The van der Waals surface area contributed by atoms with Crippen LogP contribution in [0.2, 0.25) is 0 Å². The number of nitro benzene ring substituents is 1. The number of nitro groups is 1. The molecule has 26 heavy (non-hydrogen) atoms. The Morgan fingerprint density at radius 1 is 1.42 bits per heavy atom. The van der Waals surface area contributed by atoms with Crippen molar-refractivity contribution in [2.45, 2.75) is 24.3 Å². The summed E-state index contributed by atoms with van der Waals surface area (Å²) in [6.07, 6.45) is 0.659. The van der Waals surface area contributed by atoms with Gasteiger partial charge >= 0.3 is 5.69 Å². The normalized spacial score (nSPS) is 15.8. The van der Waals surface area contributed by atoms with Gasteiger partial charge in [-0.1, -0.05) is 12.1 Å². The molecule has 1 heterocycles. The van der Waals surface area contributed by atoms with Crippen LogP contribution in [-0.4, -0.2) is 23.2 Å². The average molecular weight is 376 g/mol. The first-order chi connectivity index (χ1) is 12.5. The smallest absolute Gasteiger partial charge is 0.311 e. The second-order valence-electron chi connectivity index (χ2n) is 5.69. The first kappa shape index (κ1) is 18.2. The number of fused-ring (bicyclic) bond motifs is 1. The zero-order valence-corrected chi connectivity index (χ0v) is 14.8. The monoisotopic (exact) mass is 376 g/mol. The fraction of sp³-hybridized carbons (Fsp3) is 0.278. The Morgan fingerprint density at radius 2 is 2.23 bits per heavy atom. The number of amides is 1. The van der Waals surface area contributed by atoms with E-state index in [0.717, 1.165) is 5.56 Å². The molecule has 0 saturated carbocycles. The van der Waals surface area contributed by atoms with Gasteiger partial charge in [-0.3, -0.25) is 14.9 Å². The van der Waals surface area contributed by atoms with Crippen LogP contribution in [0.1, 0.15) is 35.3 Å². The van der Waals surface area contributed by atoms with Crippen LogP contribution >= 0.6 is 11.8 Å². The largest absolute Gasteiger partial charge is 0.487 e. The van der Waals surface area contributed by atoms with Crippen LogP contribution in [0.15, 0.2) is 41.3 Å². The van der Waals surface area contributed by atoms with Crippen LogP contribution in [-0.2, 0) is 0 Å². The highest BCUT2D eigenvalue weighted by Crippen LogP contribution is 2.38. The second-order valence-corrected chi connectivity index (χ2v) is 6.80. The molecule has 0 spiro atoms. The summed E-state index contributed by atoms with van der Waals surface area (Å²) in [5, 5.41) is 14.1. The highest BCUT2D eigenvalue weighted by Gasteiger charge is 2.26. The maximum Gasteiger partial charge on any atom is 0.311 e. The van der Waals surface area contributed by atoms with E-state index in [9.17, 15) is 19.3 Å². The molecule has 2 aromatic rings. The van der Waals surface area contributed by atoms with Crippen LogP contribution in [0, 0.1) is 15.9 Å². The van der Waals surface area contributed by atoms with Crippen LogP contribution < -0.4 is 10.1 Å². The molecule has 6 nitrogen and oxygen atoms in total. The SMILES string of the molecule is CCOc1ccc(C(=O)N[C@H]2CCSc3c(F)cccc32)cc1[N+](=O)[O-]. The molecule has 0 saturated heterocycles. The van der Waals surface area contributed by atoms with Gasteiger partial charge < -0.3 is 10.1 Å². The van der Waals surface area contributed by atoms with Gasteiger partial charge in [-0.2, -0.15) is 0 Å². The number of thioether (sulfide) groups is 1. The van der Waals surface area contributed by atoms with Gasteiger partial charge in [0, 0.05) is 22.3 Å². The molecule has 1 atom stereocenters. The minimum atomic E-state index is -0.580. The van der Waals surface area contributed by atoms with E-state index in [-0.39, 0.29) is 35.5 Å². The fourth-order valence-electron chi connectivity index (χ4n) is 2.86. The van der Waals surface area contributed by atoms with Gasteiger partial charge in [0.15, 0.2) is 5.75 Å².